The van der Waals surface area contributed by atoms with Crippen molar-refractivity contribution in [1.82, 2.24) is 5.32 Å². The second-order valence-electron chi connectivity index (χ2n) is 3.97. The van der Waals surface area contributed by atoms with E-state index in [4.69, 9.17) is 9.84 Å². The van der Waals surface area contributed by atoms with E-state index in [1.54, 1.807) is 6.92 Å². The Kier molecular flexibility index (Phi) is 5.90. The summed E-state index contributed by atoms with van der Waals surface area (Å²) < 4.78 is 5.80. The van der Waals surface area contributed by atoms with Crippen LogP contribution in [0.4, 0.5) is 0 Å². The highest BCUT2D eigenvalue weighted by atomic mass is 16.5. The van der Waals surface area contributed by atoms with Crippen LogP contribution in [0, 0.1) is 0 Å². The van der Waals surface area contributed by atoms with Gasteiger partial charge in [-0.1, -0.05) is 25.1 Å². The van der Waals surface area contributed by atoms with Gasteiger partial charge in [-0.15, -0.1) is 0 Å². The summed E-state index contributed by atoms with van der Waals surface area (Å²) in [6, 6.07) is 9.81. The molecular formula is C13H21NO2. The van der Waals surface area contributed by atoms with Crippen molar-refractivity contribution in [3.63, 3.8) is 0 Å². The molecule has 1 aromatic rings. The van der Waals surface area contributed by atoms with Gasteiger partial charge in [-0.05, 0) is 25.5 Å². The Bertz CT molecular complexity index is 275. The van der Waals surface area contributed by atoms with Crippen LogP contribution < -0.4 is 10.1 Å². The predicted octanol–water partition coefficient (Wildman–Crippen LogP) is 1.81. The standard InChI is InChI=1S/C13H21NO2/c1-3-12(10-14-9-11(2)15)16-13-7-5-4-6-8-13/h4-8,11-12,14-15H,3,9-10H2,1-2H3. The highest BCUT2D eigenvalue weighted by molar-refractivity contribution is 5.21. The van der Waals surface area contributed by atoms with E-state index in [1.807, 2.05) is 30.3 Å². The molecular weight excluding hydrogens is 202 g/mol. The van der Waals surface area contributed by atoms with Gasteiger partial charge in [0.2, 0.25) is 0 Å². The first-order valence-corrected chi connectivity index (χ1v) is 5.83. The summed E-state index contributed by atoms with van der Waals surface area (Å²) in [5.74, 6) is 0.896. The van der Waals surface area contributed by atoms with Crippen LogP contribution in [0.25, 0.3) is 0 Å². The van der Waals surface area contributed by atoms with Crippen LogP contribution in [-0.4, -0.2) is 30.4 Å². The fraction of sp³-hybridized carbons (Fsp3) is 0.538. The maximum atomic E-state index is 9.12. The Labute approximate surface area is 97.4 Å². The number of rotatable bonds is 7. The monoisotopic (exact) mass is 223 g/mol. The minimum Gasteiger partial charge on any atom is -0.489 e. The van der Waals surface area contributed by atoms with E-state index in [0.29, 0.717) is 6.54 Å². The molecule has 0 saturated heterocycles. The molecule has 90 valence electrons. The molecule has 0 aliphatic rings. The molecule has 1 rings (SSSR count). The van der Waals surface area contributed by atoms with Crippen molar-refractivity contribution in [3.8, 4) is 5.75 Å². The van der Waals surface area contributed by atoms with Gasteiger partial charge in [-0.3, -0.25) is 0 Å². The number of aliphatic hydroxyl groups excluding tert-OH is 1. The van der Waals surface area contributed by atoms with Crippen LogP contribution in [0.3, 0.4) is 0 Å². The Morgan fingerprint density at radius 1 is 1.25 bits per heavy atom. The molecule has 3 nitrogen and oxygen atoms in total. The molecule has 3 heteroatoms. The molecule has 2 unspecified atom stereocenters. The zero-order valence-corrected chi connectivity index (χ0v) is 10.0. The highest BCUT2D eigenvalue weighted by Gasteiger charge is 2.07. The Morgan fingerprint density at radius 2 is 1.94 bits per heavy atom. The number of para-hydroxylation sites is 1. The number of hydrogen-bond donors (Lipinski definition) is 2. The lowest BCUT2D eigenvalue weighted by molar-refractivity contribution is 0.165. The van der Waals surface area contributed by atoms with Crippen LogP contribution in [-0.2, 0) is 0 Å². The summed E-state index contributed by atoms with van der Waals surface area (Å²) in [5.41, 5.74) is 0. The molecule has 2 N–H and O–H groups in total. The summed E-state index contributed by atoms with van der Waals surface area (Å²) in [7, 11) is 0. The lowest BCUT2D eigenvalue weighted by atomic mass is 10.2. The molecule has 2 atom stereocenters. The van der Waals surface area contributed by atoms with Crippen LogP contribution in [0.15, 0.2) is 30.3 Å². The first-order chi connectivity index (χ1) is 7.72. The summed E-state index contributed by atoms with van der Waals surface area (Å²) >= 11 is 0. The fourth-order valence-electron chi connectivity index (χ4n) is 1.41. The lowest BCUT2D eigenvalue weighted by Crippen LogP contribution is -2.34. The quantitative estimate of drug-likeness (QED) is 0.741. The molecule has 0 bridgehead atoms. The smallest absolute Gasteiger partial charge is 0.119 e. The second-order valence-corrected chi connectivity index (χ2v) is 3.97. The number of benzene rings is 1. The molecule has 0 fully saturated rings. The van der Waals surface area contributed by atoms with Crippen molar-refractivity contribution in [1.29, 1.82) is 0 Å². The van der Waals surface area contributed by atoms with Crippen molar-refractivity contribution in [2.45, 2.75) is 32.5 Å². The summed E-state index contributed by atoms with van der Waals surface area (Å²) in [6.07, 6.45) is 0.789. The third-order valence-corrected chi connectivity index (χ3v) is 2.31. The van der Waals surface area contributed by atoms with E-state index in [0.717, 1.165) is 18.7 Å². The molecule has 0 aliphatic heterocycles. The molecule has 1 aromatic carbocycles. The highest BCUT2D eigenvalue weighted by Crippen LogP contribution is 2.11. The zero-order chi connectivity index (χ0) is 11.8. The van der Waals surface area contributed by atoms with Gasteiger partial charge in [0.05, 0.1) is 6.10 Å². The Hall–Kier alpha value is -1.06. The third kappa shape index (κ3) is 5.14. The molecule has 0 amide bonds. The Morgan fingerprint density at radius 3 is 2.50 bits per heavy atom. The summed E-state index contributed by atoms with van der Waals surface area (Å²) in [6.45, 7) is 5.23. The van der Waals surface area contributed by atoms with Crippen molar-refractivity contribution < 1.29 is 9.84 Å². The van der Waals surface area contributed by atoms with Crippen LogP contribution in [0.1, 0.15) is 20.3 Å². The predicted molar refractivity (Wildman–Crippen MR) is 65.7 cm³/mol. The van der Waals surface area contributed by atoms with Crippen molar-refractivity contribution >= 4 is 0 Å². The van der Waals surface area contributed by atoms with Crippen molar-refractivity contribution in [2.75, 3.05) is 13.1 Å². The van der Waals surface area contributed by atoms with Gasteiger partial charge in [-0.2, -0.15) is 0 Å². The molecule has 0 aromatic heterocycles. The first kappa shape index (κ1) is 13.0. The van der Waals surface area contributed by atoms with Gasteiger partial charge < -0.3 is 15.2 Å². The average molecular weight is 223 g/mol. The van der Waals surface area contributed by atoms with Gasteiger partial charge in [0.25, 0.3) is 0 Å². The van der Waals surface area contributed by atoms with E-state index in [-0.39, 0.29) is 12.2 Å². The minimum atomic E-state index is -0.311. The van der Waals surface area contributed by atoms with Crippen molar-refractivity contribution in [2.24, 2.45) is 0 Å². The van der Waals surface area contributed by atoms with E-state index in [9.17, 15) is 0 Å². The first-order valence-electron chi connectivity index (χ1n) is 5.83. The Balaban J connectivity index is 2.32. The number of ether oxygens (including phenoxy) is 1. The van der Waals surface area contributed by atoms with Crippen molar-refractivity contribution in [3.05, 3.63) is 30.3 Å². The maximum absolute atomic E-state index is 9.12. The maximum Gasteiger partial charge on any atom is 0.119 e. The minimum absolute atomic E-state index is 0.154. The van der Waals surface area contributed by atoms with Crippen LogP contribution in [0.5, 0.6) is 5.75 Å². The van der Waals surface area contributed by atoms with E-state index >= 15 is 0 Å². The van der Waals surface area contributed by atoms with Crippen LogP contribution in [0.2, 0.25) is 0 Å². The normalized spacial score (nSPS) is 14.4. The molecule has 0 aliphatic carbocycles. The molecule has 0 spiro atoms. The lowest BCUT2D eigenvalue weighted by Gasteiger charge is -2.18. The number of nitrogens with one attached hydrogen (secondary N) is 1. The second kappa shape index (κ2) is 7.25. The number of hydrogen-bond acceptors (Lipinski definition) is 3. The van der Waals surface area contributed by atoms with Gasteiger partial charge in [0.15, 0.2) is 0 Å². The summed E-state index contributed by atoms with van der Waals surface area (Å²) in [5, 5.41) is 12.3. The van der Waals surface area contributed by atoms with Crippen LogP contribution >= 0.6 is 0 Å². The van der Waals surface area contributed by atoms with Gasteiger partial charge in [0.1, 0.15) is 11.9 Å². The van der Waals surface area contributed by atoms with E-state index in [1.165, 1.54) is 0 Å². The zero-order valence-electron chi connectivity index (χ0n) is 10.0. The molecule has 0 radical (unpaired) electrons. The van der Waals surface area contributed by atoms with Gasteiger partial charge >= 0.3 is 0 Å². The molecule has 0 saturated carbocycles. The van der Waals surface area contributed by atoms with E-state index in [2.05, 4.69) is 12.2 Å². The SMILES string of the molecule is CCC(CNCC(C)O)Oc1ccccc1. The topological polar surface area (TPSA) is 41.5 Å². The third-order valence-electron chi connectivity index (χ3n) is 2.31. The van der Waals surface area contributed by atoms with E-state index < -0.39 is 0 Å². The average Bonchev–Trinajstić information content (AvgIpc) is 2.28. The molecule has 16 heavy (non-hydrogen) atoms. The largest absolute Gasteiger partial charge is 0.489 e. The van der Waals surface area contributed by atoms with Gasteiger partial charge in [-0.25, -0.2) is 0 Å². The summed E-state index contributed by atoms with van der Waals surface area (Å²) in [4.78, 5) is 0. The number of aliphatic hydroxyl groups is 1. The van der Waals surface area contributed by atoms with Gasteiger partial charge in [0, 0.05) is 13.1 Å². The fourth-order valence-corrected chi connectivity index (χ4v) is 1.41. The molecule has 0 heterocycles.